The number of fused-ring (bicyclic) bond motifs is 1. The van der Waals surface area contributed by atoms with Gasteiger partial charge in [-0.2, -0.15) is 0 Å². The molecule has 4 nitrogen and oxygen atoms in total. The number of benzene rings is 1. The lowest BCUT2D eigenvalue weighted by Gasteiger charge is -2.38. The molecule has 4 rings (SSSR count). The minimum Gasteiger partial charge on any atom is -0.477 e. The molecule has 1 aliphatic heterocycles. The first-order chi connectivity index (χ1) is 12.5. The highest BCUT2D eigenvalue weighted by Crippen LogP contribution is 2.42. The molecular formula is C20H20F2N2O2. The number of anilines is 1. The highest BCUT2D eigenvalue weighted by atomic mass is 19.1. The second kappa shape index (κ2) is 6.67. The van der Waals surface area contributed by atoms with Gasteiger partial charge in [0, 0.05) is 37.0 Å². The number of carbonyl (C=O) groups is 1. The fourth-order valence-electron chi connectivity index (χ4n) is 4.38. The standard InChI is InChI=1S/C20H20F2N2O2/c21-14-5-15(22)7-16(6-14)24-10-13-9-23-19(20(25)26)8-17(13)18(11-24)12-3-1-2-4-12/h5-9,12,18H,1-4,10-11H2,(H,25,26). The molecule has 136 valence electrons. The summed E-state index contributed by atoms with van der Waals surface area (Å²) in [5.74, 6) is -1.62. The summed E-state index contributed by atoms with van der Waals surface area (Å²) in [7, 11) is 0. The predicted octanol–water partition coefficient (Wildman–Crippen LogP) is 4.35. The van der Waals surface area contributed by atoms with Gasteiger partial charge in [0.15, 0.2) is 0 Å². The van der Waals surface area contributed by atoms with E-state index in [9.17, 15) is 18.7 Å². The van der Waals surface area contributed by atoms with Gasteiger partial charge in [-0.05, 0) is 48.1 Å². The van der Waals surface area contributed by atoms with Crippen LogP contribution in [0, 0.1) is 17.6 Å². The number of carboxylic acids is 1. The van der Waals surface area contributed by atoms with Gasteiger partial charge in [-0.1, -0.05) is 12.8 Å². The molecule has 0 radical (unpaired) electrons. The molecule has 0 spiro atoms. The van der Waals surface area contributed by atoms with Crippen LogP contribution in [0.1, 0.15) is 53.2 Å². The Hall–Kier alpha value is -2.50. The fraction of sp³-hybridized carbons (Fsp3) is 0.400. The van der Waals surface area contributed by atoms with E-state index < -0.39 is 17.6 Å². The Balaban J connectivity index is 1.74. The van der Waals surface area contributed by atoms with E-state index in [0.29, 0.717) is 24.7 Å². The molecule has 2 heterocycles. The third kappa shape index (κ3) is 3.16. The number of halogens is 2. The molecule has 1 atom stereocenters. The van der Waals surface area contributed by atoms with Crippen molar-refractivity contribution in [1.82, 2.24) is 4.98 Å². The number of aromatic nitrogens is 1. The Kier molecular flexibility index (Phi) is 4.34. The summed E-state index contributed by atoms with van der Waals surface area (Å²) in [5.41, 5.74) is 2.52. The van der Waals surface area contributed by atoms with Crippen LogP contribution < -0.4 is 4.90 Å². The van der Waals surface area contributed by atoms with Crippen LogP contribution in [0.5, 0.6) is 0 Å². The zero-order chi connectivity index (χ0) is 18.3. The summed E-state index contributed by atoms with van der Waals surface area (Å²) in [5, 5.41) is 9.27. The first kappa shape index (κ1) is 16.9. The van der Waals surface area contributed by atoms with E-state index in [1.54, 1.807) is 12.3 Å². The molecule has 1 saturated carbocycles. The molecule has 1 unspecified atom stereocenters. The van der Waals surface area contributed by atoms with Crippen molar-refractivity contribution >= 4 is 11.7 Å². The summed E-state index contributed by atoms with van der Waals surface area (Å²) in [6, 6.07) is 5.25. The maximum Gasteiger partial charge on any atom is 0.354 e. The van der Waals surface area contributed by atoms with Gasteiger partial charge in [-0.3, -0.25) is 0 Å². The Labute approximate surface area is 150 Å². The Morgan fingerprint density at radius 2 is 1.81 bits per heavy atom. The van der Waals surface area contributed by atoms with Gasteiger partial charge in [0.05, 0.1) is 0 Å². The van der Waals surface area contributed by atoms with E-state index in [4.69, 9.17) is 0 Å². The monoisotopic (exact) mass is 358 g/mol. The lowest BCUT2D eigenvalue weighted by atomic mass is 9.80. The Morgan fingerprint density at radius 3 is 2.46 bits per heavy atom. The SMILES string of the molecule is O=C(O)c1cc2c(cn1)CN(c1cc(F)cc(F)c1)CC2C1CCCC1. The third-order valence-corrected chi connectivity index (χ3v) is 5.60. The van der Waals surface area contributed by atoms with Crippen molar-refractivity contribution in [2.24, 2.45) is 5.92 Å². The van der Waals surface area contributed by atoms with Crippen LogP contribution in [0.4, 0.5) is 14.5 Å². The maximum atomic E-state index is 13.7. The fourth-order valence-corrected chi connectivity index (χ4v) is 4.38. The van der Waals surface area contributed by atoms with Gasteiger partial charge >= 0.3 is 5.97 Å². The first-order valence-corrected chi connectivity index (χ1v) is 8.94. The number of rotatable bonds is 3. The lowest BCUT2D eigenvalue weighted by molar-refractivity contribution is 0.0690. The molecule has 1 aromatic carbocycles. The van der Waals surface area contributed by atoms with Crippen molar-refractivity contribution < 1.29 is 18.7 Å². The van der Waals surface area contributed by atoms with E-state index in [1.807, 2.05) is 4.90 Å². The molecule has 0 saturated heterocycles. The normalized spacial score (nSPS) is 20.2. The van der Waals surface area contributed by atoms with E-state index >= 15 is 0 Å². The van der Waals surface area contributed by atoms with Crippen molar-refractivity contribution in [2.45, 2.75) is 38.1 Å². The Bertz CT molecular complexity index is 829. The number of hydrogen-bond donors (Lipinski definition) is 1. The van der Waals surface area contributed by atoms with Crippen molar-refractivity contribution in [3.05, 3.63) is 58.9 Å². The van der Waals surface area contributed by atoms with Crippen LogP contribution in [0.25, 0.3) is 0 Å². The molecule has 2 aromatic rings. The number of aromatic carboxylic acids is 1. The molecular weight excluding hydrogens is 338 g/mol. The third-order valence-electron chi connectivity index (χ3n) is 5.60. The van der Waals surface area contributed by atoms with Gasteiger partial charge in [0.1, 0.15) is 17.3 Å². The van der Waals surface area contributed by atoms with Gasteiger partial charge in [0.25, 0.3) is 0 Å². The molecule has 6 heteroatoms. The van der Waals surface area contributed by atoms with Crippen molar-refractivity contribution in [3.63, 3.8) is 0 Å². The summed E-state index contributed by atoms with van der Waals surface area (Å²) >= 11 is 0. The largest absolute Gasteiger partial charge is 0.477 e. The quantitative estimate of drug-likeness (QED) is 0.886. The van der Waals surface area contributed by atoms with Crippen LogP contribution in [-0.4, -0.2) is 22.6 Å². The van der Waals surface area contributed by atoms with Crippen LogP contribution in [0.15, 0.2) is 30.5 Å². The molecule has 1 fully saturated rings. The predicted molar refractivity (Wildman–Crippen MR) is 93.3 cm³/mol. The number of nitrogens with zero attached hydrogens (tertiary/aromatic N) is 2. The number of pyridine rings is 1. The molecule has 1 aliphatic carbocycles. The van der Waals surface area contributed by atoms with E-state index in [1.165, 1.54) is 25.0 Å². The first-order valence-electron chi connectivity index (χ1n) is 8.94. The zero-order valence-electron chi connectivity index (χ0n) is 14.3. The summed E-state index contributed by atoms with van der Waals surface area (Å²) in [4.78, 5) is 17.3. The molecule has 2 aliphatic rings. The van der Waals surface area contributed by atoms with Crippen LogP contribution in [-0.2, 0) is 6.54 Å². The van der Waals surface area contributed by atoms with Crippen molar-refractivity contribution in [2.75, 3.05) is 11.4 Å². The van der Waals surface area contributed by atoms with E-state index in [0.717, 1.165) is 30.0 Å². The minimum absolute atomic E-state index is 0.0528. The average molecular weight is 358 g/mol. The highest BCUT2D eigenvalue weighted by molar-refractivity contribution is 5.85. The minimum atomic E-state index is -1.03. The van der Waals surface area contributed by atoms with Gasteiger partial charge in [-0.25, -0.2) is 18.6 Å². The van der Waals surface area contributed by atoms with Gasteiger partial charge in [0.2, 0.25) is 0 Å². The molecule has 0 amide bonds. The second-order valence-corrected chi connectivity index (χ2v) is 7.23. The maximum absolute atomic E-state index is 13.7. The molecule has 1 N–H and O–H groups in total. The van der Waals surface area contributed by atoms with Gasteiger partial charge in [-0.15, -0.1) is 0 Å². The van der Waals surface area contributed by atoms with Crippen molar-refractivity contribution in [1.29, 1.82) is 0 Å². The number of carboxylic acid groups (broad SMARTS) is 1. The topological polar surface area (TPSA) is 53.4 Å². The smallest absolute Gasteiger partial charge is 0.354 e. The highest BCUT2D eigenvalue weighted by Gasteiger charge is 2.34. The molecule has 26 heavy (non-hydrogen) atoms. The summed E-state index contributed by atoms with van der Waals surface area (Å²) in [6.07, 6.45) is 6.13. The second-order valence-electron chi connectivity index (χ2n) is 7.23. The molecule has 0 bridgehead atoms. The lowest BCUT2D eigenvalue weighted by Crippen LogP contribution is -2.36. The summed E-state index contributed by atoms with van der Waals surface area (Å²) < 4.78 is 27.3. The van der Waals surface area contributed by atoms with Crippen molar-refractivity contribution in [3.8, 4) is 0 Å². The Morgan fingerprint density at radius 1 is 1.12 bits per heavy atom. The van der Waals surface area contributed by atoms with Crippen LogP contribution >= 0.6 is 0 Å². The number of hydrogen-bond acceptors (Lipinski definition) is 3. The van der Waals surface area contributed by atoms with Gasteiger partial charge < -0.3 is 10.0 Å². The van der Waals surface area contributed by atoms with Crippen LogP contribution in [0.2, 0.25) is 0 Å². The van der Waals surface area contributed by atoms with Crippen LogP contribution in [0.3, 0.4) is 0 Å². The molecule has 1 aromatic heterocycles. The summed E-state index contributed by atoms with van der Waals surface area (Å²) in [6.45, 7) is 1.10. The average Bonchev–Trinajstić information content (AvgIpc) is 3.13. The zero-order valence-corrected chi connectivity index (χ0v) is 14.3. The van der Waals surface area contributed by atoms with E-state index in [2.05, 4.69) is 4.98 Å². The van der Waals surface area contributed by atoms with E-state index in [-0.39, 0.29) is 11.6 Å².